The van der Waals surface area contributed by atoms with E-state index in [0.717, 1.165) is 41.8 Å². The molecule has 0 saturated carbocycles. The number of carbonyl (C=O) groups excluding carboxylic acids is 1. The molecule has 0 bridgehead atoms. The van der Waals surface area contributed by atoms with Gasteiger partial charge in [0, 0.05) is 24.7 Å². The van der Waals surface area contributed by atoms with Crippen LogP contribution in [-0.2, 0) is 29.4 Å². The second-order valence-electron chi connectivity index (χ2n) is 5.97. The number of nitrogens with zero attached hydrogens (tertiary/aromatic N) is 2. The molecule has 0 aliphatic rings. The van der Waals surface area contributed by atoms with Gasteiger partial charge in [0.15, 0.2) is 6.61 Å². The quantitative estimate of drug-likeness (QED) is 0.558. The molecule has 6 heteroatoms. The Hall–Kier alpha value is -2.50. The number of nitrogen functional groups attached to an aromatic ring is 1. The normalized spacial score (nSPS) is 10.7. The number of aryl methyl sites for hydroxylation is 2. The van der Waals surface area contributed by atoms with Crippen LogP contribution in [0.3, 0.4) is 0 Å². The van der Waals surface area contributed by atoms with Crippen molar-refractivity contribution >= 4 is 11.7 Å². The second kappa shape index (κ2) is 9.11. The van der Waals surface area contributed by atoms with E-state index in [0.29, 0.717) is 18.9 Å². The number of esters is 1. The SMILES string of the molecule is CCCCc1nn(C)c(OCC(=O)OCC)c1Cc1ccc(N)cc1. The molecular formula is C19H27N3O3. The number of carbonyl (C=O) groups is 1. The van der Waals surface area contributed by atoms with Crippen molar-refractivity contribution in [1.29, 1.82) is 0 Å². The van der Waals surface area contributed by atoms with Gasteiger partial charge in [0.1, 0.15) is 0 Å². The predicted molar refractivity (Wildman–Crippen MR) is 97.6 cm³/mol. The summed E-state index contributed by atoms with van der Waals surface area (Å²) in [5.41, 5.74) is 9.66. The van der Waals surface area contributed by atoms with Gasteiger partial charge >= 0.3 is 5.97 Å². The van der Waals surface area contributed by atoms with E-state index < -0.39 is 0 Å². The summed E-state index contributed by atoms with van der Waals surface area (Å²) in [5, 5.41) is 4.60. The minimum atomic E-state index is -0.378. The fraction of sp³-hybridized carbons (Fsp3) is 0.474. The first kappa shape index (κ1) is 18.8. The minimum Gasteiger partial charge on any atom is -0.466 e. The monoisotopic (exact) mass is 345 g/mol. The van der Waals surface area contributed by atoms with Crippen molar-refractivity contribution < 1.29 is 14.3 Å². The summed E-state index contributed by atoms with van der Waals surface area (Å²) in [7, 11) is 1.84. The summed E-state index contributed by atoms with van der Waals surface area (Å²) in [5.74, 6) is 0.244. The number of rotatable bonds is 9. The molecule has 136 valence electrons. The molecule has 2 N–H and O–H groups in total. The number of hydrogen-bond acceptors (Lipinski definition) is 5. The molecule has 1 aromatic carbocycles. The first-order valence-electron chi connectivity index (χ1n) is 8.72. The van der Waals surface area contributed by atoms with Crippen molar-refractivity contribution in [2.24, 2.45) is 7.05 Å². The number of hydrogen-bond donors (Lipinski definition) is 1. The van der Waals surface area contributed by atoms with Crippen LogP contribution < -0.4 is 10.5 Å². The van der Waals surface area contributed by atoms with Gasteiger partial charge in [-0.25, -0.2) is 9.48 Å². The molecule has 2 aromatic rings. The van der Waals surface area contributed by atoms with E-state index in [4.69, 9.17) is 15.2 Å². The van der Waals surface area contributed by atoms with Crippen LogP contribution in [0, 0.1) is 0 Å². The number of nitrogens with two attached hydrogens (primary N) is 1. The maximum atomic E-state index is 11.6. The lowest BCUT2D eigenvalue weighted by Crippen LogP contribution is -2.16. The molecule has 0 saturated heterocycles. The highest BCUT2D eigenvalue weighted by molar-refractivity contribution is 5.71. The lowest BCUT2D eigenvalue weighted by atomic mass is 10.0. The van der Waals surface area contributed by atoms with E-state index in [1.807, 2.05) is 31.3 Å². The third kappa shape index (κ3) is 5.24. The van der Waals surface area contributed by atoms with Crippen molar-refractivity contribution in [3.63, 3.8) is 0 Å². The summed E-state index contributed by atoms with van der Waals surface area (Å²) in [6.07, 6.45) is 3.72. The summed E-state index contributed by atoms with van der Waals surface area (Å²) in [6, 6.07) is 7.77. The molecule has 6 nitrogen and oxygen atoms in total. The zero-order valence-electron chi connectivity index (χ0n) is 15.2. The average Bonchev–Trinajstić information content (AvgIpc) is 2.88. The molecule has 0 atom stereocenters. The largest absolute Gasteiger partial charge is 0.466 e. The Morgan fingerprint density at radius 3 is 2.60 bits per heavy atom. The van der Waals surface area contributed by atoms with Crippen LogP contribution in [0.15, 0.2) is 24.3 Å². The van der Waals surface area contributed by atoms with Crippen molar-refractivity contribution in [3.05, 3.63) is 41.1 Å². The van der Waals surface area contributed by atoms with E-state index in [9.17, 15) is 4.79 Å². The highest BCUT2D eigenvalue weighted by Crippen LogP contribution is 2.26. The van der Waals surface area contributed by atoms with E-state index in [-0.39, 0.29) is 12.6 Å². The molecule has 25 heavy (non-hydrogen) atoms. The van der Waals surface area contributed by atoms with Gasteiger partial charge in [0.05, 0.1) is 12.3 Å². The summed E-state index contributed by atoms with van der Waals surface area (Å²) >= 11 is 0. The van der Waals surface area contributed by atoms with Gasteiger partial charge in [0.2, 0.25) is 5.88 Å². The van der Waals surface area contributed by atoms with Crippen LogP contribution in [0.2, 0.25) is 0 Å². The Morgan fingerprint density at radius 1 is 1.24 bits per heavy atom. The molecule has 2 rings (SSSR count). The number of ether oxygens (including phenoxy) is 2. The highest BCUT2D eigenvalue weighted by Gasteiger charge is 2.19. The summed E-state index contributed by atoms with van der Waals surface area (Å²) < 4.78 is 12.4. The van der Waals surface area contributed by atoms with E-state index in [2.05, 4.69) is 12.0 Å². The van der Waals surface area contributed by atoms with Crippen LogP contribution in [0.5, 0.6) is 5.88 Å². The van der Waals surface area contributed by atoms with Gasteiger partial charge < -0.3 is 15.2 Å². The summed E-state index contributed by atoms with van der Waals surface area (Å²) in [6.45, 7) is 4.15. The van der Waals surface area contributed by atoms with Crippen molar-refractivity contribution in [1.82, 2.24) is 9.78 Å². The van der Waals surface area contributed by atoms with E-state index in [1.54, 1.807) is 11.6 Å². The Labute approximate surface area is 148 Å². The number of anilines is 1. The smallest absolute Gasteiger partial charge is 0.344 e. The lowest BCUT2D eigenvalue weighted by molar-refractivity contribution is -0.145. The molecule has 1 aromatic heterocycles. The first-order chi connectivity index (χ1) is 12.0. The summed E-state index contributed by atoms with van der Waals surface area (Å²) in [4.78, 5) is 11.6. The Bertz CT molecular complexity index is 693. The van der Waals surface area contributed by atoms with E-state index in [1.165, 1.54) is 0 Å². The van der Waals surface area contributed by atoms with Gasteiger partial charge in [0.25, 0.3) is 0 Å². The minimum absolute atomic E-state index is 0.116. The first-order valence-corrected chi connectivity index (χ1v) is 8.72. The number of unbranched alkanes of at least 4 members (excludes halogenated alkanes) is 1. The van der Waals surface area contributed by atoms with Crippen molar-refractivity contribution in [3.8, 4) is 5.88 Å². The standard InChI is InChI=1S/C19H27N3O3/c1-4-6-7-17-16(12-14-8-10-15(20)11-9-14)19(22(3)21-17)25-13-18(23)24-5-2/h8-11H,4-7,12-13,20H2,1-3H3. The van der Waals surface area contributed by atoms with Gasteiger partial charge in [-0.15, -0.1) is 0 Å². The van der Waals surface area contributed by atoms with Crippen LogP contribution in [0.4, 0.5) is 5.69 Å². The zero-order valence-corrected chi connectivity index (χ0v) is 15.2. The molecule has 0 unspecified atom stereocenters. The molecule has 1 heterocycles. The Balaban J connectivity index is 2.24. The van der Waals surface area contributed by atoms with Crippen LogP contribution in [0.25, 0.3) is 0 Å². The second-order valence-corrected chi connectivity index (χ2v) is 5.97. The Morgan fingerprint density at radius 2 is 1.96 bits per heavy atom. The van der Waals surface area contributed by atoms with Crippen molar-refractivity contribution in [2.45, 2.75) is 39.5 Å². The molecule has 0 fully saturated rings. The molecule has 0 amide bonds. The molecular weight excluding hydrogens is 318 g/mol. The third-order valence-electron chi connectivity index (χ3n) is 3.93. The molecule has 0 spiro atoms. The highest BCUT2D eigenvalue weighted by atomic mass is 16.6. The van der Waals surface area contributed by atoms with Crippen molar-refractivity contribution in [2.75, 3.05) is 18.9 Å². The third-order valence-corrected chi connectivity index (χ3v) is 3.93. The fourth-order valence-electron chi connectivity index (χ4n) is 2.68. The molecule has 0 aliphatic heterocycles. The van der Waals surface area contributed by atoms with Gasteiger partial charge in [-0.3, -0.25) is 0 Å². The van der Waals surface area contributed by atoms with Gasteiger partial charge in [-0.1, -0.05) is 25.5 Å². The van der Waals surface area contributed by atoms with E-state index >= 15 is 0 Å². The maximum absolute atomic E-state index is 11.6. The Kier molecular flexibility index (Phi) is 6.86. The van der Waals surface area contributed by atoms with Crippen LogP contribution in [-0.4, -0.2) is 29.0 Å². The molecule has 0 aliphatic carbocycles. The zero-order chi connectivity index (χ0) is 18.2. The molecule has 0 radical (unpaired) electrons. The average molecular weight is 345 g/mol. The lowest BCUT2D eigenvalue weighted by Gasteiger charge is -2.10. The number of benzene rings is 1. The number of aromatic nitrogens is 2. The van der Waals surface area contributed by atoms with Gasteiger partial charge in [-0.2, -0.15) is 5.10 Å². The van der Waals surface area contributed by atoms with Crippen LogP contribution in [0.1, 0.15) is 43.5 Å². The topological polar surface area (TPSA) is 79.4 Å². The fourth-order valence-corrected chi connectivity index (χ4v) is 2.68. The van der Waals surface area contributed by atoms with Gasteiger partial charge in [-0.05, 0) is 37.5 Å². The predicted octanol–water partition coefficient (Wildman–Crippen LogP) is 2.88. The van der Waals surface area contributed by atoms with Crippen LogP contribution >= 0.6 is 0 Å². The maximum Gasteiger partial charge on any atom is 0.344 e.